The van der Waals surface area contributed by atoms with Gasteiger partial charge in [-0.3, -0.25) is 9.59 Å². The van der Waals surface area contributed by atoms with Crippen LogP contribution in [0.25, 0.3) is 0 Å². The highest BCUT2D eigenvalue weighted by molar-refractivity contribution is 5.99. The Hall–Kier alpha value is -3.16. The molecule has 4 rings (SSSR count). The number of carbonyl (C=O) groups excluding carboxylic acids is 1. The number of ether oxygens (including phenoxy) is 1. The summed E-state index contributed by atoms with van der Waals surface area (Å²) in [7, 11) is 0. The molecule has 1 amide bonds. The Kier molecular flexibility index (Phi) is 5.08. The van der Waals surface area contributed by atoms with Crippen molar-refractivity contribution in [2.45, 2.75) is 32.4 Å². The van der Waals surface area contributed by atoms with E-state index < -0.39 is 5.97 Å². The number of hydrogen-bond donors (Lipinski definition) is 1. The second-order valence-electron chi connectivity index (χ2n) is 7.44. The number of halogens is 1. The summed E-state index contributed by atoms with van der Waals surface area (Å²) >= 11 is 0. The van der Waals surface area contributed by atoms with E-state index in [1.54, 1.807) is 12.1 Å². The lowest BCUT2D eigenvalue weighted by Crippen LogP contribution is -2.39. The molecule has 1 saturated heterocycles. The summed E-state index contributed by atoms with van der Waals surface area (Å²) in [5, 5.41) is 8.97. The van der Waals surface area contributed by atoms with Crippen LogP contribution in [0.4, 0.5) is 10.2 Å². The molecule has 1 N–H and O–H groups in total. The van der Waals surface area contributed by atoms with Crippen LogP contribution in [0.2, 0.25) is 0 Å². The second kappa shape index (κ2) is 7.69. The van der Waals surface area contributed by atoms with Crippen LogP contribution in [-0.2, 0) is 11.3 Å². The number of aromatic nitrogens is 1. The van der Waals surface area contributed by atoms with Gasteiger partial charge < -0.3 is 19.6 Å². The minimum absolute atomic E-state index is 0.0547. The maximum Gasteiger partial charge on any atom is 0.323 e. The number of rotatable bonds is 5. The highest BCUT2D eigenvalue weighted by Crippen LogP contribution is 2.29. The van der Waals surface area contributed by atoms with Gasteiger partial charge in [0, 0.05) is 25.9 Å². The summed E-state index contributed by atoms with van der Waals surface area (Å²) < 4.78 is 19.0. The largest absolute Gasteiger partial charge is 0.490 e. The van der Waals surface area contributed by atoms with Crippen molar-refractivity contribution in [1.82, 2.24) is 9.88 Å². The van der Waals surface area contributed by atoms with Crippen molar-refractivity contribution >= 4 is 17.7 Å². The first kappa shape index (κ1) is 19.2. The molecule has 0 atom stereocenters. The zero-order valence-electron chi connectivity index (χ0n) is 16.1. The molecule has 0 bridgehead atoms. The van der Waals surface area contributed by atoms with Crippen molar-refractivity contribution in [2.24, 2.45) is 0 Å². The summed E-state index contributed by atoms with van der Waals surface area (Å²) in [5.74, 6) is -0.115. The molecule has 3 heterocycles. The van der Waals surface area contributed by atoms with Crippen LogP contribution in [0.3, 0.4) is 0 Å². The number of fused-ring (bicyclic) bond motifs is 1. The predicted octanol–water partition coefficient (Wildman–Crippen LogP) is 2.62. The van der Waals surface area contributed by atoms with E-state index in [4.69, 9.17) is 14.8 Å². The maximum absolute atomic E-state index is 13.0. The summed E-state index contributed by atoms with van der Waals surface area (Å²) in [6, 6.07) is 7.85. The number of amides is 1. The number of carbonyl (C=O) groups is 2. The van der Waals surface area contributed by atoms with Gasteiger partial charge in [-0.2, -0.15) is 0 Å². The molecule has 2 aliphatic rings. The molecular weight excluding hydrogens is 377 g/mol. The SMILES string of the molecule is Cc1cc2c(nc1N1CCC(Oc3ccc(F)cc3)CC1)CN(CC(=O)O)C2=O. The van der Waals surface area contributed by atoms with E-state index in [1.807, 2.05) is 13.0 Å². The van der Waals surface area contributed by atoms with Crippen LogP contribution in [0, 0.1) is 12.7 Å². The van der Waals surface area contributed by atoms with Gasteiger partial charge in [0.25, 0.3) is 5.91 Å². The number of carboxylic acid groups (broad SMARTS) is 1. The first-order valence-electron chi connectivity index (χ1n) is 9.59. The van der Waals surface area contributed by atoms with E-state index in [2.05, 4.69) is 4.90 Å². The number of pyridine rings is 1. The van der Waals surface area contributed by atoms with Crippen molar-refractivity contribution < 1.29 is 23.8 Å². The van der Waals surface area contributed by atoms with Crippen LogP contribution in [0.5, 0.6) is 5.75 Å². The third-order valence-corrected chi connectivity index (χ3v) is 5.31. The van der Waals surface area contributed by atoms with Gasteiger partial charge in [-0.05, 0) is 42.8 Å². The number of benzene rings is 1. The van der Waals surface area contributed by atoms with E-state index in [0.29, 0.717) is 17.0 Å². The third-order valence-electron chi connectivity index (χ3n) is 5.31. The highest BCUT2D eigenvalue weighted by atomic mass is 19.1. The van der Waals surface area contributed by atoms with Crippen molar-refractivity contribution in [3.05, 3.63) is 53.0 Å². The van der Waals surface area contributed by atoms with Gasteiger partial charge in [0.05, 0.1) is 17.8 Å². The van der Waals surface area contributed by atoms with Gasteiger partial charge in [-0.25, -0.2) is 9.37 Å². The standard InChI is InChI=1S/C21H22FN3O4/c1-13-10-17-18(11-25(21(17)28)12-19(26)27)23-20(13)24-8-6-16(7-9-24)29-15-4-2-14(22)3-5-15/h2-5,10,16H,6-9,11-12H2,1H3,(H,26,27). The van der Waals surface area contributed by atoms with Crippen molar-refractivity contribution in [2.75, 3.05) is 24.5 Å². The molecular formula is C21H22FN3O4. The Morgan fingerprint density at radius 3 is 2.62 bits per heavy atom. The number of piperidine rings is 1. The van der Waals surface area contributed by atoms with Gasteiger partial charge in [-0.1, -0.05) is 0 Å². The Morgan fingerprint density at radius 1 is 1.28 bits per heavy atom. The van der Waals surface area contributed by atoms with Gasteiger partial charge in [0.1, 0.15) is 30.0 Å². The van der Waals surface area contributed by atoms with E-state index in [9.17, 15) is 14.0 Å². The third kappa shape index (κ3) is 4.01. The summed E-state index contributed by atoms with van der Waals surface area (Å²) in [6.45, 7) is 3.32. The monoisotopic (exact) mass is 399 g/mol. The topological polar surface area (TPSA) is 83.0 Å². The van der Waals surface area contributed by atoms with Crippen molar-refractivity contribution in [1.29, 1.82) is 0 Å². The second-order valence-corrected chi connectivity index (χ2v) is 7.44. The first-order chi connectivity index (χ1) is 13.9. The van der Waals surface area contributed by atoms with Crippen LogP contribution in [-0.4, -0.2) is 52.6 Å². The van der Waals surface area contributed by atoms with Gasteiger partial charge >= 0.3 is 5.97 Å². The molecule has 7 nitrogen and oxygen atoms in total. The van der Waals surface area contributed by atoms with Crippen LogP contribution in [0.15, 0.2) is 30.3 Å². The molecule has 0 aliphatic carbocycles. The lowest BCUT2D eigenvalue weighted by atomic mass is 10.1. The number of nitrogens with zero attached hydrogens (tertiary/aromatic N) is 3. The molecule has 2 aromatic rings. The maximum atomic E-state index is 13.0. The molecule has 0 unspecified atom stereocenters. The average molecular weight is 399 g/mol. The Labute approximate surface area is 167 Å². The molecule has 152 valence electrons. The smallest absolute Gasteiger partial charge is 0.323 e. The Morgan fingerprint density at radius 2 is 1.97 bits per heavy atom. The van der Waals surface area contributed by atoms with Crippen molar-refractivity contribution in [3.8, 4) is 5.75 Å². The van der Waals surface area contributed by atoms with E-state index in [0.717, 1.165) is 37.3 Å². The van der Waals surface area contributed by atoms with Crippen LogP contribution >= 0.6 is 0 Å². The molecule has 2 aliphatic heterocycles. The number of carboxylic acids is 1. The fraction of sp³-hybridized carbons (Fsp3) is 0.381. The van der Waals surface area contributed by atoms with E-state index in [1.165, 1.54) is 17.0 Å². The fourth-order valence-electron chi connectivity index (χ4n) is 3.87. The summed E-state index contributed by atoms with van der Waals surface area (Å²) in [6.07, 6.45) is 1.67. The van der Waals surface area contributed by atoms with Crippen molar-refractivity contribution in [3.63, 3.8) is 0 Å². The molecule has 0 radical (unpaired) electrons. The minimum Gasteiger partial charge on any atom is -0.490 e. The molecule has 1 aromatic heterocycles. The predicted molar refractivity (Wildman–Crippen MR) is 104 cm³/mol. The lowest BCUT2D eigenvalue weighted by molar-refractivity contribution is -0.137. The zero-order valence-corrected chi connectivity index (χ0v) is 16.1. The van der Waals surface area contributed by atoms with E-state index >= 15 is 0 Å². The number of hydrogen-bond acceptors (Lipinski definition) is 5. The lowest BCUT2D eigenvalue weighted by Gasteiger charge is -2.34. The molecule has 29 heavy (non-hydrogen) atoms. The van der Waals surface area contributed by atoms with Gasteiger partial charge in [-0.15, -0.1) is 0 Å². The van der Waals surface area contributed by atoms with Gasteiger partial charge in [0.2, 0.25) is 0 Å². The summed E-state index contributed by atoms with van der Waals surface area (Å²) in [5.41, 5.74) is 2.01. The fourth-order valence-corrected chi connectivity index (χ4v) is 3.87. The van der Waals surface area contributed by atoms with E-state index in [-0.39, 0.29) is 30.9 Å². The summed E-state index contributed by atoms with van der Waals surface area (Å²) in [4.78, 5) is 31.5. The number of aryl methyl sites for hydroxylation is 1. The Bertz CT molecular complexity index is 940. The molecule has 0 saturated carbocycles. The number of aliphatic carboxylic acids is 1. The average Bonchev–Trinajstić information content (AvgIpc) is 2.98. The highest BCUT2D eigenvalue weighted by Gasteiger charge is 2.32. The molecule has 1 aromatic carbocycles. The minimum atomic E-state index is -1.04. The number of anilines is 1. The first-order valence-corrected chi connectivity index (χ1v) is 9.59. The molecule has 0 spiro atoms. The molecule has 8 heteroatoms. The van der Waals surface area contributed by atoms with Crippen LogP contribution in [0.1, 0.15) is 34.5 Å². The molecule has 1 fully saturated rings. The van der Waals surface area contributed by atoms with Crippen LogP contribution < -0.4 is 9.64 Å². The normalized spacial score (nSPS) is 16.8. The van der Waals surface area contributed by atoms with Gasteiger partial charge in [0.15, 0.2) is 0 Å². The quantitative estimate of drug-likeness (QED) is 0.832. The zero-order chi connectivity index (χ0) is 20.5. The Balaban J connectivity index is 1.42.